The van der Waals surface area contributed by atoms with Crippen LogP contribution in [0.3, 0.4) is 0 Å². The molecule has 27 heavy (non-hydrogen) atoms. The molecule has 2 aliphatic rings. The smallest absolute Gasteiger partial charge is 0.225 e. The minimum absolute atomic E-state index is 0.211. The van der Waals surface area contributed by atoms with E-state index in [0.717, 1.165) is 65.2 Å². The highest BCUT2D eigenvalue weighted by Crippen LogP contribution is 2.22. The molecule has 0 bridgehead atoms. The van der Waals surface area contributed by atoms with E-state index in [1.807, 2.05) is 24.2 Å². The summed E-state index contributed by atoms with van der Waals surface area (Å²) in [7, 11) is 0. The molecular weight excluding hydrogens is 356 g/mol. The van der Waals surface area contributed by atoms with Crippen molar-refractivity contribution in [3.05, 3.63) is 41.1 Å². The Labute approximate surface area is 167 Å². The number of aromatic nitrogens is 1. The Kier molecular flexibility index (Phi) is 7.73. The fraction of sp³-hybridized carbons (Fsp3) is 0.619. The second kappa shape index (κ2) is 10.2. The Bertz CT molecular complexity index is 620. The molecule has 0 aromatic carbocycles. The highest BCUT2D eigenvalue weighted by molar-refractivity contribution is 8.02. The molecule has 0 aliphatic carbocycles. The molecule has 0 saturated carbocycles. The molecule has 2 aliphatic heterocycles. The number of carbonyl (C=O) groups excluding carboxylic acids is 1. The molecule has 0 spiro atoms. The molecule has 1 aromatic heterocycles. The van der Waals surface area contributed by atoms with Crippen molar-refractivity contribution in [1.29, 1.82) is 0 Å². The van der Waals surface area contributed by atoms with Gasteiger partial charge in [0.15, 0.2) is 0 Å². The van der Waals surface area contributed by atoms with Gasteiger partial charge in [0, 0.05) is 57.6 Å². The summed E-state index contributed by atoms with van der Waals surface area (Å²) in [6, 6.07) is 4.15. The summed E-state index contributed by atoms with van der Waals surface area (Å²) in [5.41, 5.74) is 1.30. The van der Waals surface area contributed by atoms with E-state index in [-0.39, 0.29) is 5.92 Å². The van der Waals surface area contributed by atoms with E-state index in [1.165, 1.54) is 10.5 Å². The van der Waals surface area contributed by atoms with Gasteiger partial charge in [0.05, 0.1) is 0 Å². The number of allylic oxidation sites excluding steroid dienone is 1. The third-order valence-corrected chi connectivity index (χ3v) is 6.63. The van der Waals surface area contributed by atoms with Crippen molar-refractivity contribution in [2.45, 2.75) is 26.3 Å². The number of thioether (sulfide) groups is 1. The molecule has 0 atom stereocenters. The zero-order valence-corrected chi connectivity index (χ0v) is 17.5. The van der Waals surface area contributed by atoms with E-state index in [2.05, 4.69) is 51.1 Å². The van der Waals surface area contributed by atoms with Crippen LogP contribution in [0.1, 0.15) is 25.3 Å². The van der Waals surface area contributed by atoms with E-state index in [0.29, 0.717) is 5.91 Å². The topological polar surface area (TPSA) is 39.7 Å². The molecule has 148 valence electrons. The molecule has 0 radical (unpaired) electrons. The van der Waals surface area contributed by atoms with Gasteiger partial charge in [-0.15, -0.1) is 11.8 Å². The van der Waals surface area contributed by atoms with Gasteiger partial charge in [-0.2, -0.15) is 0 Å². The highest BCUT2D eigenvalue weighted by Gasteiger charge is 2.30. The molecular formula is C21H32N4OS. The molecule has 3 heterocycles. The lowest BCUT2D eigenvalue weighted by Gasteiger charge is -2.38. The highest BCUT2D eigenvalue weighted by atomic mass is 32.2. The minimum atomic E-state index is 0.211. The third-order valence-electron chi connectivity index (χ3n) is 5.74. The van der Waals surface area contributed by atoms with Crippen LogP contribution in [0.2, 0.25) is 0 Å². The molecule has 1 amide bonds. The summed E-state index contributed by atoms with van der Waals surface area (Å²) in [6.07, 6.45) is 10.0. The number of hydrogen-bond acceptors (Lipinski definition) is 5. The lowest BCUT2D eigenvalue weighted by molar-refractivity contribution is -0.138. The number of nitrogens with zero attached hydrogens (tertiary/aromatic N) is 4. The Balaban J connectivity index is 1.41. The van der Waals surface area contributed by atoms with E-state index in [1.54, 1.807) is 0 Å². The maximum Gasteiger partial charge on any atom is 0.225 e. The fourth-order valence-corrected chi connectivity index (χ4v) is 4.51. The van der Waals surface area contributed by atoms with E-state index < -0.39 is 0 Å². The molecule has 6 heteroatoms. The first-order valence-corrected chi connectivity index (χ1v) is 11.2. The SMILES string of the molecule is C/C=C(/CN1CCN(C(=O)C2CCN(Cc3ccncc3)CC2)CC1)SC. The van der Waals surface area contributed by atoms with Gasteiger partial charge >= 0.3 is 0 Å². The zero-order valence-electron chi connectivity index (χ0n) is 16.6. The van der Waals surface area contributed by atoms with Gasteiger partial charge in [-0.3, -0.25) is 19.6 Å². The largest absolute Gasteiger partial charge is 0.340 e. The van der Waals surface area contributed by atoms with Crippen LogP contribution < -0.4 is 0 Å². The van der Waals surface area contributed by atoms with Crippen molar-refractivity contribution < 1.29 is 4.79 Å². The van der Waals surface area contributed by atoms with Crippen LogP contribution in [0.4, 0.5) is 0 Å². The number of amides is 1. The van der Waals surface area contributed by atoms with Crippen LogP contribution in [0.15, 0.2) is 35.5 Å². The molecule has 3 rings (SSSR count). The first-order valence-electron chi connectivity index (χ1n) is 10.0. The van der Waals surface area contributed by atoms with Gasteiger partial charge in [-0.1, -0.05) is 6.08 Å². The number of pyridine rings is 1. The van der Waals surface area contributed by atoms with Crippen LogP contribution in [0.25, 0.3) is 0 Å². The van der Waals surface area contributed by atoms with Gasteiger partial charge < -0.3 is 4.90 Å². The number of hydrogen-bond donors (Lipinski definition) is 0. The summed E-state index contributed by atoms with van der Waals surface area (Å²) in [5.74, 6) is 0.594. The van der Waals surface area contributed by atoms with Crippen molar-refractivity contribution in [2.75, 3.05) is 52.1 Å². The Morgan fingerprint density at radius 1 is 1.11 bits per heavy atom. The standard InChI is InChI=1S/C21H32N4OS/c1-3-20(27-2)17-24-12-14-25(15-13-24)21(26)19-6-10-23(11-7-19)16-18-4-8-22-9-5-18/h3-5,8-9,19H,6-7,10-17H2,1-2H3/b20-3-. The van der Waals surface area contributed by atoms with Crippen molar-refractivity contribution in [3.8, 4) is 0 Å². The quantitative estimate of drug-likeness (QED) is 0.749. The Morgan fingerprint density at radius 3 is 2.37 bits per heavy atom. The Morgan fingerprint density at radius 2 is 1.78 bits per heavy atom. The molecule has 1 aromatic rings. The van der Waals surface area contributed by atoms with Crippen LogP contribution in [0, 0.1) is 5.92 Å². The molecule has 2 fully saturated rings. The number of rotatable bonds is 6. The monoisotopic (exact) mass is 388 g/mol. The molecule has 5 nitrogen and oxygen atoms in total. The van der Waals surface area contributed by atoms with Gasteiger partial charge in [0.25, 0.3) is 0 Å². The predicted octanol–water partition coefficient (Wildman–Crippen LogP) is 2.70. The van der Waals surface area contributed by atoms with E-state index >= 15 is 0 Å². The number of likely N-dealkylation sites (tertiary alicyclic amines) is 1. The summed E-state index contributed by atoms with van der Waals surface area (Å²) < 4.78 is 0. The maximum atomic E-state index is 12.9. The van der Waals surface area contributed by atoms with E-state index in [9.17, 15) is 4.79 Å². The van der Waals surface area contributed by atoms with Crippen LogP contribution in [-0.2, 0) is 11.3 Å². The Hall–Kier alpha value is -1.37. The third kappa shape index (κ3) is 5.80. The number of carbonyl (C=O) groups is 1. The van der Waals surface area contributed by atoms with Crippen molar-refractivity contribution in [1.82, 2.24) is 19.7 Å². The second-order valence-electron chi connectivity index (χ2n) is 7.47. The summed E-state index contributed by atoms with van der Waals surface area (Å²) >= 11 is 1.82. The summed E-state index contributed by atoms with van der Waals surface area (Å²) in [5, 5.41) is 0. The normalized spacial score (nSPS) is 20.8. The molecule has 0 N–H and O–H groups in total. The van der Waals surface area contributed by atoms with Gasteiger partial charge in [-0.05, 0) is 61.7 Å². The second-order valence-corrected chi connectivity index (χ2v) is 8.40. The number of piperidine rings is 1. The van der Waals surface area contributed by atoms with Crippen molar-refractivity contribution >= 4 is 17.7 Å². The predicted molar refractivity (Wildman–Crippen MR) is 113 cm³/mol. The fourth-order valence-electron chi connectivity index (χ4n) is 3.96. The van der Waals surface area contributed by atoms with Crippen LogP contribution in [-0.4, -0.2) is 77.7 Å². The van der Waals surface area contributed by atoms with Gasteiger partial charge in [0.1, 0.15) is 0 Å². The average molecular weight is 389 g/mol. The van der Waals surface area contributed by atoms with Gasteiger partial charge in [0.2, 0.25) is 5.91 Å². The summed E-state index contributed by atoms with van der Waals surface area (Å²) in [6.45, 7) is 9.84. The lowest BCUT2D eigenvalue weighted by atomic mass is 9.94. The zero-order chi connectivity index (χ0) is 19.1. The maximum absolute atomic E-state index is 12.9. The average Bonchev–Trinajstić information content (AvgIpc) is 2.73. The minimum Gasteiger partial charge on any atom is -0.340 e. The molecule has 2 saturated heterocycles. The summed E-state index contributed by atoms with van der Waals surface area (Å²) in [4.78, 5) is 25.4. The number of piperazine rings is 1. The van der Waals surface area contributed by atoms with Crippen molar-refractivity contribution in [2.24, 2.45) is 5.92 Å². The molecule has 0 unspecified atom stereocenters. The first-order chi connectivity index (χ1) is 13.2. The van der Waals surface area contributed by atoms with Crippen LogP contribution in [0.5, 0.6) is 0 Å². The first kappa shape index (κ1) is 20.4. The van der Waals surface area contributed by atoms with Gasteiger partial charge in [-0.25, -0.2) is 0 Å². The van der Waals surface area contributed by atoms with Crippen LogP contribution >= 0.6 is 11.8 Å². The van der Waals surface area contributed by atoms with Crippen molar-refractivity contribution in [3.63, 3.8) is 0 Å². The van der Waals surface area contributed by atoms with E-state index in [4.69, 9.17) is 0 Å². The lowest BCUT2D eigenvalue weighted by Crippen LogP contribution is -2.51.